The van der Waals surface area contributed by atoms with E-state index < -0.39 is 0 Å². The van der Waals surface area contributed by atoms with E-state index in [4.69, 9.17) is 11.6 Å². The van der Waals surface area contributed by atoms with E-state index in [0.29, 0.717) is 10.8 Å². The van der Waals surface area contributed by atoms with E-state index in [0.717, 1.165) is 38.9 Å². The average Bonchev–Trinajstić information content (AvgIpc) is 2.63. The molecular weight excluding hydrogens is 324 g/mol. The number of pyridine rings is 2. The minimum atomic E-state index is 0.00803. The predicted molar refractivity (Wildman–Crippen MR) is 95.0 cm³/mol. The highest BCUT2D eigenvalue weighted by molar-refractivity contribution is 6.30. The van der Waals surface area contributed by atoms with Crippen LogP contribution in [0.15, 0.2) is 42.9 Å². The molecule has 2 aromatic heterocycles. The Balaban J connectivity index is 1.51. The van der Waals surface area contributed by atoms with Crippen molar-refractivity contribution in [2.45, 2.75) is 19.3 Å². The van der Waals surface area contributed by atoms with Crippen LogP contribution in [0.1, 0.15) is 18.4 Å². The van der Waals surface area contributed by atoms with Crippen molar-refractivity contribution in [3.8, 4) is 0 Å². The molecule has 0 radical (unpaired) electrons. The van der Waals surface area contributed by atoms with Crippen LogP contribution < -0.4 is 5.32 Å². The van der Waals surface area contributed by atoms with Crippen molar-refractivity contribution in [2.75, 3.05) is 25.0 Å². The Morgan fingerprint density at radius 3 is 2.88 bits per heavy atom. The lowest BCUT2D eigenvalue weighted by molar-refractivity contribution is -0.121. The van der Waals surface area contributed by atoms with Crippen molar-refractivity contribution in [1.82, 2.24) is 14.9 Å². The van der Waals surface area contributed by atoms with E-state index in [9.17, 15) is 4.79 Å². The monoisotopic (exact) mass is 344 g/mol. The van der Waals surface area contributed by atoms with Crippen LogP contribution in [0.5, 0.6) is 0 Å². The van der Waals surface area contributed by atoms with E-state index >= 15 is 0 Å². The molecule has 2 aromatic rings. The summed E-state index contributed by atoms with van der Waals surface area (Å²) in [7, 11) is 0. The van der Waals surface area contributed by atoms with Crippen LogP contribution in [0, 0.1) is 5.92 Å². The van der Waals surface area contributed by atoms with Crippen LogP contribution >= 0.6 is 11.6 Å². The normalized spacial score (nSPS) is 18.3. The number of amides is 1. The first-order valence-electron chi connectivity index (χ1n) is 8.24. The number of anilines is 1. The molecule has 5 nitrogen and oxygen atoms in total. The molecule has 0 unspecified atom stereocenters. The quantitative estimate of drug-likeness (QED) is 0.905. The zero-order valence-electron chi connectivity index (χ0n) is 13.5. The molecule has 0 bridgehead atoms. The number of carbonyl (C=O) groups excluding carboxylic acids is 1. The van der Waals surface area contributed by atoms with E-state index in [2.05, 4.69) is 20.2 Å². The topological polar surface area (TPSA) is 58.1 Å². The number of nitrogens with zero attached hydrogens (tertiary/aromatic N) is 3. The summed E-state index contributed by atoms with van der Waals surface area (Å²) in [5.74, 6) is 0.602. The molecule has 3 rings (SSSR count). The molecule has 126 valence electrons. The predicted octanol–water partition coefficient (Wildman–Crippen LogP) is 3.02. The van der Waals surface area contributed by atoms with Gasteiger partial charge in [-0.2, -0.15) is 0 Å². The Labute approximate surface area is 147 Å². The second kappa shape index (κ2) is 8.22. The number of nitrogens with one attached hydrogen (secondary N) is 1. The second-order valence-corrected chi connectivity index (χ2v) is 6.53. The van der Waals surface area contributed by atoms with Gasteiger partial charge in [0.05, 0.1) is 10.9 Å². The van der Waals surface area contributed by atoms with Crippen LogP contribution in [0.3, 0.4) is 0 Å². The second-order valence-electron chi connectivity index (χ2n) is 6.10. The summed E-state index contributed by atoms with van der Waals surface area (Å²) in [4.78, 5) is 23.0. The molecule has 1 saturated heterocycles. The number of hydrogen-bond acceptors (Lipinski definition) is 4. The summed E-state index contributed by atoms with van der Waals surface area (Å²) >= 11 is 5.82. The Morgan fingerprint density at radius 1 is 1.29 bits per heavy atom. The molecular formula is C18H21ClN4O. The molecule has 6 heteroatoms. The first-order chi connectivity index (χ1) is 11.7. The van der Waals surface area contributed by atoms with Gasteiger partial charge in [-0.1, -0.05) is 11.6 Å². The maximum Gasteiger partial charge on any atom is 0.229 e. The van der Waals surface area contributed by atoms with Crippen molar-refractivity contribution in [2.24, 2.45) is 5.92 Å². The molecule has 1 N–H and O–H groups in total. The van der Waals surface area contributed by atoms with Gasteiger partial charge in [0, 0.05) is 31.7 Å². The summed E-state index contributed by atoms with van der Waals surface area (Å²) < 4.78 is 0. The summed E-state index contributed by atoms with van der Waals surface area (Å²) in [6, 6.07) is 7.54. The summed E-state index contributed by atoms with van der Waals surface area (Å²) in [6.45, 7) is 2.81. The lowest BCUT2D eigenvalue weighted by atomic mass is 9.96. The van der Waals surface area contributed by atoms with Gasteiger partial charge in [-0.15, -0.1) is 0 Å². The molecule has 1 amide bonds. The minimum absolute atomic E-state index is 0.00803. The lowest BCUT2D eigenvalue weighted by Crippen LogP contribution is -2.41. The average molecular weight is 345 g/mol. The van der Waals surface area contributed by atoms with Gasteiger partial charge in [0.15, 0.2) is 0 Å². The summed E-state index contributed by atoms with van der Waals surface area (Å²) in [6.07, 6.45) is 8.13. The highest BCUT2D eigenvalue weighted by Gasteiger charge is 2.25. The van der Waals surface area contributed by atoms with Gasteiger partial charge in [-0.3, -0.25) is 9.78 Å². The zero-order chi connectivity index (χ0) is 16.8. The SMILES string of the molecule is O=C(Nc1ccc(Cl)cn1)[C@@H]1CCCN(CCc2ccncc2)C1. The number of hydrogen-bond donors (Lipinski definition) is 1. The van der Waals surface area contributed by atoms with Gasteiger partial charge in [0.1, 0.15) is 5.82 Å². The summed E-state index contributed by atoms with van der Waals surface area (Å²) in [5, 5.41) is 3.45. The fourth-order valence-electron chi connectivity index (χ4n) is 2.99. The van der Waals surface area contributed by atoms with Gasteiger partial charge < -0.3 is 10.2 Å². The van der Waals surface area contributed by atoms with Crippen molar-refractivity contribution < 1.29 is 4.79 Å². The molecule has 0 aliphatic carbocycles. The van der Waals surface area contributed by atoms with Crippen LogP contribution in [0.2, 0.25) is 5.02 Å². The third-order valence-corrected chi connectivity index (χ3v) is 4.54. The fraction of sp³-hybridized carbons (Fsp3) is 0.389. The Bertz CT molecular complexity index is 662. The molecule has 0 spiro atoms. The Hall–Kier alpha value is -1.98. The fourth-order valence-corrected chi connectivity index (χ4v) is 3.10. The van der Waals surface area contributed by atoms with Crippen LogP contribution in [-0.2, 0) is 11.2 Å². The van der Waals surface area contributed by atoms with E-state index in [1.54, 1.807) is 18.3 Å². The highest BCUT2D eigenvalue weighted by atomic mass is 35.5. The van der Waals surface area contributed by atoms with Gasteiger partial charge in [0.25, 0.3) is 0 Å². The third kappa shape index (κ3) is 4.76. The smallest absolute Gasteiger partial charge is 0.229 e. The maximum atomic E-state index is 12.5. The molecule has 24 heavy (non-hydrogen) atoms. The number of carbonyl (C=O) groups is 1. The van der Waals surface area contributed by atoms with Gasteiger partial charge in [-0.25, -0.2) is 4.98 Å². The van der Waals surface area contributed by atoms with E-state index in [1.165, 1.54) is 5.56 Å². The molecule has 1 aliphatic heterocycles. The number of piperidine rings is 1. The number of rotatable bonds is 5. The molecule has 3 heterocycles. The Morgan fingerprint density at radius 2 is 2.12 bits per heavy atom. The molecule has 1 fully saturated rings. The van der Waals surface area contributed by atoms with Crippen LogP contribution in [-0.4, -0.2) is 40.4 Å². The van der Waals surface area contributed by atoms with Gasteiger partial charge in [0.2, 0.25) is 5.91 Å². The maximum absolute atomic E-state index is 12.5. The highest BCUT2D eigenvalue weighted by Crippen LogP contribution is 2.19. The van der Waals surface area contributed by atoms with E-state index in [-0.39, 0.29) is 11.8 Å². The number of aromatic nitrogens is 2. The Kier molecular flexibility index (Phi) is 5.77. The van der Waals surface area contributed by atoms with Crippen molar-refractivity contribution in [3.63, 3.8) is 0 Å². The molecule has 1 aliphatic rings. The summed E-state index contributed by atoms with van der Waals surface area (Å²) in [5.41, 5.74) is 1.28. The standard InChI is InChI=1S/C18H21ClN4O/c19-16-3-4-17(21-12-16)22-18(24)15-2-1-10-23(13-15)11-7-14-5-8-20-9-6-14/h3-6,8-9,12,15H,1-2,7,10-11,13H2,(H,21,22,24)/t15-/m1/s1. The molecule has 0 saturated carbocycles. The number of halogens is 1. The number of likely N-dealkylation sites (tertiary alicyclic amines) is 1. The zero-order valence-corrected chi connectivity index (χ0v) is 14.2. The van der Waals surface area contributed by atoms with Crippen molar-refractivity contribution in [3.05, 3.63) is 53.4 Å². The molecule has 1 atom stereocenters. The minimum Gasteiger partial charge on any atom is -0.310 e. The first-order valence-corrected chi connectivity index (χ1v) is 8.62. The van der Waals surface area contributed by atoms with E-state index in [1.807, 2.05) is 24.5 Å². The first kappa shape index (κ1) is 16.9. The molecule has 0 aromatic carbocycles. The van der Waals surface area contributed by atoms with Crippen LogP contribution in [0.25, 0.3) is 0 Å². The lowest BCUT2D eigenvalue weighted by Gasteiger charge is -2.31. The third-order valence-electron chi connectivity index (χ3n) is 4.32. The van der Waals surface area contributed by atoms with Crippen molar-refractivity contribution >= 4 is 23.3 Å². The van der Waals surface area contributed by atoms with Gasteiger partial charge in [-0.05, 0) is 55.6 Å². The largest absolute Gasteiger partial charge is 0.310 e. The van der Waals surface area contributed by atoms with Crippen molar-refractivity contribution in [1.29, 1.82) is 0 Å². The van der Waals surface area contributed by atoms with Crippen LogP contribution in [0.4, 0.5) is 5.82 Å². The van der Waals surface area contributed by atoms with Gasteiger partial charge >= 0.3 is 0 Å².